The first kappa shape index (κ1) is 24.9. The molecule has 0 spiro atoms. The average molecular weight is 494 g/mol. The van der Waals surface area contributed by atoms with E-state index in [1.807, 2.05) is 55.5 Å². The summed E-state index contributed by atoms with van der Waals surface area (Å²) in [5.41, 5.74) is 0.947. The third-order valence-electron chi connectivity index (χ3n) is 5.78. The van der Waals surface area contributed by atoms with Crippen LogP contribution in [0.5, 0.6) is 0 Å². The van der Waals surface area contributed by atoms with Gasteiger partial charge in [0.15, 0.2) is 0 Å². The summed E-state index contributed by atoms with van der Waals surface area (Å²) >= 11 is 13.4. The van der Waals surface area contributed by atoms with Gasteiger partial charge in [-0.15, -0.1) is 11.8 Å². The van der Waals surface area contributed by atoms with Crippen LogP contribution in [0, 0.1) is 0 Å². The molecular formula is C25H30Cl2N2O2S. The first-order valence-electron chi connectivity index (χ1n) is 11.2. The van der Waals surface area contributed by atoms with Crippen LogP contribution < -0.4 is 5.32 Å². The maximum Gasteiger partial charge on any atom is 0.243 e. The van der Waals surface area contributed by atoms with Crippen LogP contribution in [-0.4, -0.2) is 34.6 Å². The van der Waals surface area contributed by atoms with Gasteiger partial charge in [0.2, 0.25) is 11.8 Å². The summed E-state index contributed by atoms with van der Waals surface area (Å²) in [7, 11) is 0. The van der Waals surface area contributed by atoms with Crippen LogP contribution in [0.4, 0.5) is 0 Å². The number of thioether (sulfide) groups is 1. The van der Waals surface area contributed by atoms with E-state index in [0.717, 1.165) is 36.1 Å². The molecule has 1 aliphatic rings. The summed E-state index contributed by atoms with van der Waals surface area (Å²) in [6, 6.07) is 14.6. The number of carbonyl (C=O) groups excluding carboxylic acids is 2. The van der Waals surface area contributed by atoms with Crippen molar-refractivity contribution in [2.45, 2.75) is 69.0 Å². The molecule has 0 bridgehead atoms. The Kier molecular flexibility index (Phi) is 9.76. The van der Waals surface area contributed by atoms with Crippen LogP contribution in [0.15, 0.2) is 53.4 Å². The maximum absolute atomic E-state index is 13.3. The summed E-state index contributed by atoms with van der Waals surface area (Å²) < 4.78 is 0. The van der Waals surface area contributed by atoms with Crippen molar-refractivity contribution >= 4 is 46.8 Å². The lowest BCUT2D eigenvalue weighted by Gasteiger charge is -2.32. The Bertz CT molecular complexity index is 884. The Morgan fingerprint density at radius 1 is 1.00 bits per heavy atom. The first-order chi connectivity index (χ1) is 15.5. The van der Waals surface area contributed by atoms with Gasteiger partial charge >= 0.3 is 0 Å². The van der Waals surface area contributed by atoms with E-state index in [1.54, 1.807) is 4.90 Å². The molecule has 1 saturated carbocycles. The highest BCUT2D eigenvalue weighted by atomic mass is 35.5. The van der Waals surface area contributed by atoms with E-state index in [4.69, 9.17) is 23.2 Å². The fourth-order valence-electron chi connectivity index (χ4n) is 4.01. The molecule has 1 fully saturated rings. The number of nitrogens with zero attached hydrogens (tertiary/aromatic N) is 1. The van der Waals surface area contributed by atoms with Gasteiger partial charge in [-0.1, -0.05) is 61.5 Å². The van der Waals surface area contributed by atoms with Crippen molar-refractivity contribution < 1.29 is 9.59 Å². The summed E-state index contributed by atoms with van der Waals surface area (Å²) in [5.74, 6) is 0.131. The Morgan fingerprint density at radius 3 is 2.19 bits per heavy atom. The molecule has 3 rings (SSSR count). The number of amides is 2. The van der Waals surface area contributed by atoms with Crippen molar-refractivity contribution in [1.29, 1.82) is 0 Å². The molecule has 1 atom stereocenters. The molecule has 1 aliphatic carbocycles. The normalized spacial score (nSPS) is 15.2. The second-order valence-corrected chi connectivity index (χ2v) is 10.1. The molecule has 172 valence electrons. The molecule has 0 saturated heterocycles. The fourth-order valence-corrected chi connectivity index (χ4v) is 5.05. The second kappa shape index (κ2) is 12.5. The van der Waals surface area contributed by atoms with Crippen molar-refractivity contribution in [2.24, 2.45) is 0 Å². The third kappa shape index (κ3) is 7.43. The van der Waals surface area contributed by atoms with Crippen LogP contribution in [0.25, 0.3) is 0 Å². The number of hydrogen-bond acceptors (Lipinski definition) is 3. The number of hydrogen-bond donors (Lipinski definition) is 1. The monoisotopic (exact) mass is 492 g/mol. The second-order valence-electron chi connectivity index (χ2n) is 8.16. The van der Waals surface area contributed by atoms with Gasteiger partial charge in [-0.2, -0.15) is 0 Å². The number of nitrogens with one attached hydrogen (secondary N) is 1. The standard InChI is InChI=1S/C25H30Cl2N2O2S/c1-2-23(25(31)28-21-6-4-3-5-7-21)29(16-18-8-10-19(26)11-9-18)24(30)17-32-22-14-12-20(27)13-15-22/h8-15,21,23H,2-7,16-17H2,1H3,(H,28,31)/t23-/m0/s1. The van der Waals surface area contributed by atoms with Crippen molar-refractivity contribution in [3.05, 3.63) is 64.1 Å². The number of benzene rings is 2. The third-order valence-corrected chi connectivity index (χ3v) is 7.28. The lowest BCUT2D eigenvalue weighted by molar-refractivity contribution is -0.139. The molecule has 32 heavy (non-hydrogen) atoms. The minimum atomic E-state index is -0.508. The van der Waals surface area contributed by atoms with E-state index < -0.39 is 6.04 Å². The Labute approximate surface area is 205 Å². The highest BCUT2D eigenvalue weighted by Crippen LogP contribution is 2.23. The Hall–Kier alpha value is -1.69. The van der Waals surface area contributed by atoms with Crippen LogP contribution in [0.3, 0.4) is 0 Å². The number of rotatable bonds is 9. The van der Waals surface area contributed by atoms with Crippen molar-refractivity contribution in [3.8, 4) is 0 Å². The molecule has 1 N–H and O–H groups in total. The van der Waals surface area contributed by atoms with Crippen molar-refractivity contribution in [1.82, 2.24) is 10.2 Å². The predicted octanol–water partition coefficient (Wildman–Crippen LogP) is 6.34. The molecule has 7 heteroatoms. The Balaban J connectivity index is 1.73. The van der Waals surface area contributed by atoms with E-state index in [9.17, 15) is 9.59 Å². The largest absolute Gasteiger partial charge is 0.352 e. The van der Waals surface area contributed by atoms with Gasteiger partial charge in [0.25, 0.3) is 0 Å². The Morgan fingerprint density at radius 2 is 1.59 bits per heavy atom. The summed E-state index contributed by atoms with van der Waals surface area (Å²) in [5, 5.41) is 4.51. The first-order valence-corrected chi connectivity index (χ1v) is 12.9. The summed E-state index contributed by atoms with van der Waals surface area (Å²) in [6.45, 7) is 2.33. The van der Waals surface area contributed by atoms with Crippen LogP contribution >= 0.6 is 35.0 Å². The average Bonchev–Trinajstić information content (AvgIpc) is 2.80. The molecule has 2 amide bonds. The highest BCUT2D eigenvalue weighted by Gasteiger charge is 2.30. The zero-order valence-electron chi connectivity index (χ0n) is 18.4. The van der Waals surface area contributed by atoms with Gasteiger partial charge in [-0.3, -0.25) is 9.59 Å². The minimum absolute atomic E-state index is 0.0572. The topological polar surface area (TPSA) is 49.4 Å². The zero-order valence-corrected chi connectivity index (χ0v) is 20.7. The number of carbonyl (C=O) groups is 2. The molecule has 2 aromatic rings. The minimum Gasteiger partial charge on any atom is -0.352 e. The molecule has 0 heterocycles. The van der Waals surface area contributed by atoms with Crippen LogP contribution in [0.2, 0.25) is 10.0 Å². The van der Waals surface area contributed by atoms with Gasteiger partial charge in [0, 0.05) is 27.5 Å². The summed E-state index contributed by atoms with van der Waals surface area (Å²) in [4.78, 5) is 29.2. The van der Waals surface area contributed by atoms with Crippen LogP contribution in [0.1, 0.15) is 51.0 Å². The summed E-state index contributed by atoms with van der Waals surface area (Å²) in [6.07, 6.45) is 6.11. The lowest BCUT2D eigenvalue weighted by atomic mass is 9.95. The van der Waals surface area contributed by atoms with E-state index >= 15 is 0 Å². The highest BCUT2D eigenvalue weighted by molar-refractivity contribution is 8.00. The van der Waals surface area contributed by atoms with Gasteiger partial charge in [-0.05, 0) is 61.2 Å². The molecule has 0 unspecified atom stereocenters. The fraction of sp³-hybridized carbons (Fsp3) is 0.440. The van der Waals surface area contributed by atoms with Crippen molar-refractivity contribution in [3.63, 3.8) is 0 Å². The van der Waals surface area contributed by atoms with Gasteiger partial charge in [0.05, 0.1) is 5.75 Å². The molecule has 2 aromatic carbocycles. The van der Waals surface area contributed by atoms with E-state index in [1.165, 1.54) is 18.2 Å². The maximum atomic E-state index is 13.3. The number of halogens is 2. The quantitative estimate of drug-likeness (QED) is 0.415. The molecule has 0 aromatic heterocycles. The van der Waals surface area contributed by atoms with Crippen molar-refractivity contribution in [2.75, 3.05) is 5.75 Å². The SMILES string of the molecule is CC[C@@H](C(=O)NC1CCCCC1)N(Cc1ccc(Cl)cc1)C(=O)CSc1ccc(Cl)cc1. The smallest absolute Gasteiger partial charge is 0.243 e. The molecular weight excluding hydrogens is 463 g/mol. The molecule has 4 nitrogen and oxygen atoms in total. The lowest BCUT2D eigenvalue weighted by Crippen LogP contribution is -2.52. The van der Waals surface area contributed by atoms with E-state index in [2.05, 4.69) is 5.32 Å². The molecule has 0 radical (unpaired) electrons. The zero-order chi connectivity index (χ0) is 22.9. The van der Waals surface area contributed by atoms with Gasteiger partial charge < -0.3 is 10.2 Å². The predicted molar refractivity (Wildman–Crippen MR) is 133 cm³/mol. The molecule has 0 aliphatic heterocycles. The van der Waals surface area contributed by atoms with Gasteiger partial charge in [-0.25, -0.2) is 0 Å². The van der Waals surface area contributed by atoms with Gasteiger partial charge in [0.1, 0.15) is 6.04 Å². The van der Waals surface area contributed by atoms with E-state index in [0.29, 0.717) is 23.0 Å². The van der Waals surface area contributed by atoms with Crippen LogP contribution in [-0.2, 0) is 16.1 Å². The van der Waals surface area contributed by atoms with E-state index in [-0.39, 0.29) is 23.6 Å².